The summed E-state index contributed by atoms with van der Waals surface area (Å²) in [5.74, 6) is -1.41. The van der Waals surface area contributed by atoms with Gasteiger partial charge in [0.1, 0.15) is 10.8 Å². The molecule has 0 aliphatic heterocycles. The van der Waals surface area contributed by atoms with Gasteiger partial charge in [0.05, 0.1) is 23.3 Å². The van der Waals surface area contributed by atoms with Gasteiger partial charge >= 0.3 is 5.97 Å². The molecule has 7 heteroatoms. The molecule has 1 heterocycles. The van der Waals surface area contributed by atoms with Crippen molar-refractivity contribution in [2.24, 2.45) is 11.3 Å². The van der Waals surface area contributed by atoms with Crippen molar-refractivity contribution >= 4 is 39.8 Å². The lowest BCUT2D eigenvalue weighted by atomic mass is 9.72. The zero-order valence-electron chi connectivity index (χ0n) is 16.3. The smallest absolute Gasteiger partial charge is 0.341 e. The number of hydrogen-bond donors (Lipinski definition) is 1. The van der Waals surface area contributed by atoms with Crippen LogP contribution in [0.25, 0.3) is 0 Å². The number of hydrogen-bond acceptors (Lipinski definition) is 4. The van der Waals surface area contributed by atoms with Crippen molar-refractivity contribution in [3.63, 3.8) is 0 Å². The minimum atomic E-state index is -0.710. The van der Waals surface area contributed by atoms with Crippen LogP contribution in [-0.4, -0.2) is 19.0 Å². The Kier molecular flexibility index (Phi) is 5.82. The Balaban J connectivity index is 1.99. The van der Waals surface area contributed by atoms with Crippen LogP contribution in [0.5, 0.6) is 0 Å². The lowest BCUT2D eigenvalue weighted by Crippen LogP contribution is -2.26. The van der Waals surface area contributed by atoms with Gasteiger partial charge in [-0.05, 0) is 48.3 Å². The van der Waals surface area contributed by atoms with Gasteiger partial charge < -0.3 is 10.1 Å². The first-order valence-corrected chi connectivity index (χ1v) is 10.3. The summed E-state index contributed by atoms with van der Waals surface area (Å²) < 4.78 is 19.1. The van der Waals surface area contributed by atoms with Crippen LogP contribution in [0.1, 0.15) is 58.3 Å². The zero-order chi connectivity index (χ0) is 20.6. The van der Waals surface area contributed by atoms with E-state index in [1.165, 1.54) is 36.6 Å². The van der Waals surface area contributed by atoms with Gasteiger partial charge in [-0.25, -0.2) is 9.18 Å². The molecule has 0 spiro atoms. The molecule has 0 fully saturated rings. The quantitative estimate of drug-likeness (QED) is 0.641. The predicted octanol–water partition coefficient (Wildman–Crippen LogP) is 5.73. The molecule has 1 amide bonds. The molecular formula is C21H23ClFNO3S. The SMILES string of the molecule is COC(=O)c1c(NC(=O)c2c(F)cccc2Cl)sc2c1CCC(C(C)(C)C)C2. The Bertz CT molecular complexity index is 912. The van der Waals surface area contributed by atoms with Gasteiger partial charge in [0.25, 0.3) is 5.91 Å². The van der Waals surface area contributed by atoms with Crippen molar-refractivity contribution < 1.29 is 18.7 Å². The van der Waals surface area contributed by atoms with E-state index in [0.29, 0.717) is 16.5 Å². The third-order valence-corrected chi connectivity index (χ3v) is 6.78. The highest BCUT2D eigenvalue weighted by atomic mass is 35.5. The van der Waals surface area contributed by atoms with E-state index >= 15 is 0 Å². The molecule has 3 rings (SSSR count). The molecule has 1 unspecified atom stereocenters. The Labute approximate surface area is 173 Å². The third-order valence-electron chi connectivity index (χ3n) is 5.30. The second kappa shape index (κ2) is 7.84. The summed E-state index contributed by atoms with van der Waals surface area (Å²) in [7, 11) is 1.31. The largest absolute Gasteiger partial charge is 0.465 e. The van der Waals surface area contributed by atoms with Crippen molar-refractivity contribution in [2.45, 2.75) is 40.0 Å². The highest BCUT2D eigenvalue weighted by Crippen LogP contribution is 2.44. The molecule has 0 saturated carbocycles. The number of amides is 1. The molecule has 1 atom stereocenters. The number of methoxy groups -OCH3 is 1. The summed E-state index contributed by atoms with van der Waals surface area (Å²) in [5.41, 5.74) is 1.21. The number of carbonyl (C=O) groups is 2. The molecule has 0 bridgehead atoms. The number of carbonyl (C=O) groups excluding carboxylic acids is 2. The van der Waals surface area contributed by atoms with E-state index in [1.807, 2.05) is 0 Å². The average Bonchev–Trinajstić information content (AvgIpc) is 2.97. The second-order valence-electron chi connectivity index (χ2n) is 8.06. The fourth-order valence-electron chi connectivity index (χ4n) is 3.61. The van der Waals surface area contributed by atoms with Gasteiger partial charge in [-0.15, -0.1) is 11.3 Å². The van der Waals surface area contributed by atoms with E-state index in [2.05, 4.69) is 26.1 Å². The molecule has 2 aromatic rings. The van der Waals surface area contributed by atoms with Crippen molar-refractivity contribution in [1.29, 1.82) is 0 Å². The minimum Gasteiger partial charge on any atom is -0.465 e. The first kappa shape index (κ1) is 20.8. The van der Waals surface area contributed by atoms with Crippen LogP contribution in [0.4, 0.5) is 9.39 Å². The highest BCUT2D eigenvalue weighted by molar-refractivity contribution is 7.17. The van der Waals surface area contributed by atoms with E-state index in [4.69, 9.17) is 16.3 Å². The number of ether oxygens (including phenoxy) is 1. The van der Waals surface area contributed by atoms with Gasteiger partial charge in [0, 0.05) is 4.88 Å². The van der Waals surface area contributed by atoms with Crippen LogP contribution >= 0.6 is 22.9 Å². The van der Waals surface area contributed by atoms with Crippen LogP contribution in [0.2, 0.25) is 5.02 Å². The summed E-state index contributed by atoms with van der Waals surface area (Å²) in [4.78, 5) is 26.2. The van der Waals surface area contributed by atoms with E-state index in [9.17, 15) is 14.0 Å². The molecule has 1 N–H and O–H groups in total. The maximum atomic E-state index is 14.1. The number of rotatable bonds is 3. The normalized spacial score (nSPS) is 16.4. The number of esters is 1. The fourth-order valence-corrected chi connectivity index (χ4v) is 5.17. The van der Waals surface area contributed by atoms with Crippen LogP contribution in [0, 0.1) is 17.2 Å². The van der Waals surface area contributed by atoms with Crippen molar-refractivity contribution in [2.75, 3.05) is 12.4 Å². The van der Waals surface area contributed by atoms with Crippen molar-refractivity contribution in [3.05, 3.63) is 50.6 Å². The van der Waals surface area contributed by atoms with Crippen LogP contribution in [0.3, 0.4) is 0 Å². The molecule has 28 heavy (non-hydrogen) atoms. The second-order valence-corrected chi connectivity index (χ2v) is 9.57. The topological polar surface area (TPSA) is 55.4 Å². The molecule has 1 aliphatic rings. The highest BCUT2D eigenvalue weighted by Gasteiger charge is 2.34. The Morgan fingerprint density at radius 2 is 2.00 bits per heavy atom. The summed E-state index contributed by atoms with van der Waals surface area (Å²) in [6.45, 7) is 6.63. The lowest BCUT2D eigenvalue weighted by Gasteiger charge is -2.33. The molecule has 0 saturated heterocycles. The van der Waals surface area contributed by atoms with E-state index in [0.717, 1.165) is 29.7 Å². The standard InChI is InChI=1S/C21H23ClFNO3S/c1-21(2,3)11-8-9-12-15(10-11)28-19(16(12)20(26)27-4)24-18(25)17-13(22)6-5-7-14(17)23/h5-7,11H,8-10H2,1-4H3,(H,24,25). The average molecular weight is 424 g/mol. The summed E-state index contributed by atoms with van der Waals surface area (Å²) in [6, 6.07) is 4.06. The summed E-state index contributed by atoms with van der Waals surface area (Å²) in [5, 5.41) is 3.09. The van der Waals surface area contributed by atoms with Crippen molar-refractivity contribution in [3.8, 4) is 0 Å². The Hall–Kier alpha value is -1.92. The van der Waals surface area contributed by atoms with Crippen molar-refractivity contribution in [1.82, 2.24) is 0 Å². The molecule has 0 radical (unpaired) electrons. The monoisotopic (exact) mass is 423 g/mol. The molecule has 4 nitrogen and oxygen atoms in total. The number of benzene rings is 1. The lowest BCUT2D eigenvalue weighted by molar-refractivity contribution is 0.0600. The van der Waals surface area contributed by atoms with Gasteiger partial charge in [-0.3, -0.25) is 4.79 Å². The van der Waals surface area contributed by atoms with Crippen LogP contribution in [0.15, 0.2) is 18.2 Å². The molecule has 1 aromatic heterocycles. The van der Waals surface area contributed by atoms with Gasteiger partial charge in [-0.1, -0.05) is 38.4 Å². The maximum absolute atomic E-state index is 14.1. The van der Waals surface area contributed by atoms with Gasteiger partial charge in [0.15, 0.2) is 0 Å². The van der Waals surface area contributed by atoms with Gasteiger partial charge in [-0.2, -0.15) is 0 Å². The molecule has 1 aromatic carbocycles. The molecule has 1 aliphatic carbocycles. The molecule has 150 valence electrons. The Morgan fingerprint density at radius 1 is 1.29 bits per heavy atom. The number of thiophene rings is 1. The number of halogens is 2. The van der Waals surface area contributed by atoms with E-state index in [1.54, 1.807) is 0 Å². The third kappa shape index (κ3) is 3.94. The Morgan fingerprint density at radius 3 is 2.61 bits per heavy atom. The first-order valence-electron chi connectivity index (χ1n) is 9.11. The zero-order valence-corrected chi connectivity index (χ0v) is 17.9. The predicted molar refractivity (Wildman–Crippen MR) is 110 cm³/mol. The van der Waals surface area contributed by atoms with Crippen LogP contribution in [-0.2, 0) is 17.6 Å². The number of nitrogens with one attached hydrogen (secondary N) is 1. The number of anilines is 1. The maximum Gasteiger partial charge on any atom is 0.341 e. The minimum absolute atomic E-state index is 0.0197. The van der Waals surface area contributed by atoms with Crippen LogP contribution < -0.4 is 5.32 Å². The van der Waals surface area contributed by atoms with E-state index < -0.39 is 17.7 Å². The fraction of sp³-hybridized carbons (Fsp3) is 0.429. The summed E-state index contributed by atoms with van der Waals surface area (Å²) >= 11 is 7.36. The number of fused-ring (bicyclic) bond motifs is 1. The molecular weight excluding hydrogens is 401 g/mol. The summed E-state index contributed by atoms with van der Waals surface area (Å²) in [6.07, 6.45) is 2.54. The van der Waals surface area contributed by atoms with Gasteiger partial charge in [0.2, 0.25) is 0 Å². The van der Waals surface area contributed by atoms with E-state index in [-0.39, 0.29) is 16.0 Å². The first-order chi connectivity index (χ1) is 13.1.